The van der Waals surface area contributed by atoms with Crippen LogP contribution in [-0.2, 0) is 0 Å². The molecule has 4 heteroatoms. The van der Waals surface area contributed by atoms with Crippen molar-refractivity contribution < 1.29 is 0 Å². The number of aryl methyl sites for hydroxylation is 1. The van der Waals surface area contributed by atoms with Gasteiger partial charge < -0.3 is 5.32 Å². The lowest BCUT2D eigenvalue weighted by molar-refractivity contribution is 0.681. The van der Waals surface area contributed by atoms with Gasteiger partial charge in [-0.05, 0) is 54.9 Å². The molecule has 2 aromatic rings. The molecule has 0 saturated heterocycles. The van der Waals surface area contributed by atoms with Crippen LogP contribution in [0.1, 0.15) is 22.7 Å². The Hall–Kier alpha value is -0.710. The third kappa shape index (κ3) is 2.82. The molecule has 1 aromatic carbocycles. The van der Waals surface area contributed by atoms with Crippen LogP contribution >= 0.6 is 31.9 Å². The second-order valence-corrected chi connectivity index (χ2v) is 5.89. The minimum Gasteiger partial charge on any atom is -0.309 e. The number of rotatable bonds is 3. The fourth-order valence-corrected chi connectivity index (χ4v) is 2.85. The molecule has 0 aliphatic rings. The number of halogens is 2. The van der Waals surface area contributed by atoms with Gasteiger partial charge in [0.1, 0.15) is 0 Å². The van der Waals surface area contributed by atoms with Crippen LogP contribution in [0.2, 0.25) is 0 Å². The van der Waals surface area contributed by atoms with E-state index < -0.39 is 0 Å². The van der Waals surface area contributed by atoms with E-state index in [-0.39, 0.29) is 6.04 Å². The van der Waals surface area contributed by atoms with Crippen LogP contribution in [-0.4, -0.2) is 12.0 Å². The molecule has 1 atom stereocenters. The van der Waals surface area contributed by atoms with Crippen molar-refractivity contribution in [2.45, 2.75) is 13.0 Å². The highest BCUT2D eigenvalue weighted by atomic mass is 79.9. The summed E-state index contributed by atoms with van der Waals surface area (Å²) in [5, 5.41) is 3.35. The van der Waals surface area contributed by atoms with Gasteiger partial charge in [-0.15, -0.1) is 0 Å². The normalized spacial score (nSPS) is 12.4. The highest BCUT2D eigenvalue weighted by Crippen LogP contribution is 2.31. The lowest BCUT2D eigenvalue weighted by atomic mass is 9.97. The van der Waals surface area contributed by atoms with E-state index in [4.69, 9.17) is 0 Å². The molecule has 1 unspecified atom stereocenters. The van der Waals surface area contributed by atoms with Crippen molar-refractivity contribution in [1.82, 2.24) is 10.3 Å². The van der Waals surface area contributed by atoms with Crippen LogP contribution in [0.4, 0.5) is 0 Å². The van der Waals surface area contributed by atoms with Crippen LogP contribution in [0.15, 0.2) is 45.6 Å². The van der Waals surface area contributed by atoms with Crippen LogP contribution in [0.25, 0.3) is 0 Å². The maximum atomic E-state index is 4.22. The Morgan fingerprint density at radius 2 is 1.94 bits per heavy atom. The van der Waals surface area contributed by atoms with Crippen molar-refractivity contribution in [3.8, 4) is 0 Å². The van der Waals surface area contributed by atoms with Gasteiger partial charge in [0.05, 0.1) is 6.04 Å². The van der Waals surface area contributed by atoms with Gasteiger partial charge in [0.25, 0.3) is 0 Å². The van der Waals surface area contributed by atoms with E-state index in [1.165, 1.54) is 16.7 Å². The van der Waals surface area contributed by atoms with Gasteiger partial charge in [0.15, 0.2) is 0 Å². The second-order valence-electron chi connectivity index (χ2n) is 4.12. The minimum atomic E-state index is 0.130. The molecule has 0 amide bonds. The summed E-state index contributed by atoms with van der Waals surface area (Å²) in [6, 6.07) is 8.36. The molecule has 0 fully saturated rings. The molecular formula is C14H14Br2N2. The highest BCUT2D eigenvalue weighted by molar-refractivity contribution is 9.11. The van der Waals surface area contributed by atoms with E-state index in [0.717, 1.165) is 8.95 Å². The van der Waals surface area contributed by atoms with Crippen molar-refractivity contribution in [3.63, 3.8) is 0 Å². The summed E-state index contributed by atoms with van der Waals surface area (Å²) >= 11 is 7.13. The van der Waals surface area contributed by atoms with Gasteiger partial charge in [-0.1, -0.05) is 31.9 Å². The fraction of sp³-hybridized carbons (Fsp3) is 0.214. The van der Waals surface area contributed by atoms with Crippen LogP contribution in [0, 0.1) is 6.92 Å². The molecule has 2 rings (SSSR count). The van der Waals surface area contributed by atoms with Gasteiger partial charge in [0, 0.05) is 21.3 Å². The topological polar surface area (TPSA) is 24.9 Å². The predicted molar refractivity (Wildman–Crippen MR) is 81.7 cm³/mol. The Morgan fingerprint density at radius 3 is 2.61 bits per heavy atom. The van der Waals surface area contributed by atoms with Crippen LogP contribution in [0.5, 0.6) is 0 Å². The molecule has 1 aromatic heterocycles. The smallest absolute Gasteiger partial charge is 0.0603 e. The second kappa shape index (κ2) is 5.95. The molecule has 0 aliphatic heterocycles. The number of benzene rings is 1. The molecule has 0 bridgehead atoms. The molecule has 18 heavy (non-hydrogen) atoms. The molecule has 0 aliphatic carbocycles. The maximum Gasteiger partial charge on any atom is 0.0603 e. The summed E-state index contributed by atoms with van der Waals surface area (Å²) in [6.07, 6.45) is 3.74. The van der Waals surface area contributed by atoms with Crippen molar-refractivity contribution in [3.05, 3.63) is 62.3 Å². The van der Waals surface area contributed by atoms with E-state index in [1.807, 2.05) is 31.6 Å². The number of hydrogen-bond donors (Lipinski definition) is 1. The number of hydrogen-bond acceptors (Lipinski definition) is 2. The van der Waals surface area contributed by atoms with Gasteiger partial charge in [-0.25, -0.2) is 0 Å². The van der Waals surface area contributed by atoms with Crippen LogP contribution in [0.3, 0.4) is 0 Å². The quantitative estimate of drug-likeness (QED) is 0.875. The minimum absolute atomic E-state index is 0.130. The van der Waals surface area contributed by atoms with Gasteiger partial charge in [-0.2, -0.15) is 0 Å². The average Bonchev–Trinajstić information content (AvgIpc) is 2.36. The lowest BCUT2D eigenvalue weighted by Gasteiger charge is -2.20. The van der Waals surface area contributed by atoms with Crippen molar-refractivity contribution in [2.24, 2.45) is 0 Å². The van der Waals surface area contributed by atoms with E-state index in [1.54, 1.807) is 0 Å². The standard InChI is InChI=1S/C14H14Br2N2/c1-9-5-6-18-8-12(9)14(17-2)11-7-10(15)3-4-13(11)16/h3-8,14,17H,1-2H3. The Kier molecular flexibility index (Phi) is 4.54. The first-order valence-corrected chi connectivity index (χ1v) is 7.25. The zero-order chi connectivity index (χ0) is 13.1. The summed E-state index contributed by atoms with van der Waals surface area (Å²) in [5.74, 6) is 0. The van der Waals surface area contributed by atoms with Crippen molar-refractivity contribution in [1.29, 1.82) is 0 Å². The molecule has 1 heterocycles. The predicted octanol–water partition coefficient (Wildman–Crippen LogP) is 4.22. The molecule has 2 nitrogen and oxygen atoms in total. The summed E-state index contributed by atoms with van der Waals surface area (Å²) in [4.78, 5) is 4.22. The first-order chi connectivity index (χ1) is 8.63. The number of nitrogens with one attached hydrogen (secondary N) is 1. The number of pyridine rings is 1. The Morgan fingerprint density at radius 1 is 1.17 bits per heavy atom. The summed E-state index contributed by atoms with van der Waals surface area (Å²) < 4.78 is 2.16. The summed E-state index contributed by atoms with van der Waals surface area (Å²) in [7, 11) is 1.96. The summed E-state index contributed by atoms with van der Waals surface area (Å²) in [6.45, 7) is 2.10. The molecule has 0 spiro atoms. The Labute approximate surface area is 124 Å². The molecule has 94 valence electrons. The monoisotopic (exact) mass is 368 g/mol. The zero-order valence-electron chi connectivity index (χ0n) is 10.2. The summed E-state index contributed by atoms with van der Waals surface area (Å²) in [5.41, 5.74) is 3.62. The van der Waals surface area contributed by atoms with Gasteiger partial charge >= 0.3 is 0 Å². The van der Waals surface area contributed by atoms with Gasteiger partial charge in [0.2, 0.25) is 0 Å². The number of nitrogens with zero attached hydrogens (tertiary/aromatic N) is 1. The Balaban J connectivity index is 2.52. The van der Waals surface area contributed by atoms with Crippen LogP contribution < -0.4 is 5.32 Å². The zero-order valence-corrected chi connectivity index (χ0v) is 13.4. The lowest BCUT2D eigenvalue weighted by Crippen LogP contribution is -2.19. The first kappa shape index (κ1) is 13.7. The number of aromatic nitrogens is 1. The third-order valence-electron chi connectivity index (χ3n) is 2.95. The first-order valence-electron chi connectivity index (χ1n) is 5.66. The Bertz CT molecular complexity index is 555. The fourth-order valence-electron chi connectivity index (χ4n) is 1.99. The van der Waals surface area contributed by atoms with Gasteiger partial charge in [-0.3, -0.25) is 4.98 Å². The highest BCUT2D eigenvalue weighted by Gasteiger charge is 2.17. The molecular weight excluding hydrogens is 356 g/mol. The molecule has 1 N–H and O–H groups in total. The average molecular weight is 370 g/mol. The van der Waals surface area contributed by atoms with E-state index in [0.29, 0.717) is 0 Å². The van der Waals surface area contributed by atoms with Crippen molar-refractivity contribution >= 4 is 31.9 Å². The molecule has 0 saturated carbocycles. The SMILES string of the molecule is CNC(c1cnccc1C)c1cc(Br)ccc1Br. The maximum absolute atomic E-state index is 4.22. The third-order valence-corrected chi connectivity index (χ3v) is 4.16. The largest absolute Gasteiger partial charge is 0.309 e. The van der Waals surface area contributed by atoms with E-state index in [2.05, 4.69) is 61.2 Å². The van der Waals surface area contributed by atoms with E-state index >= 15 is 0 Å². The van der Waals surface area contributed by atoms with E-state index in [9.17, 15) is 0 Å². The van der Waals surface area contributed by atoms with Crippen molar-refractivity contribution in [2.75, 3.05) is 7.05 Å². The molecule has 0 radical (unpaired) electrons.